The standard InChI is InChI=1S/C43H51ClN8O5/c1-42(2)40(43(3,4)41(42)57-32-11-7-29(24-45)33(44)23-32)49-37(54)28-5-8-30(9-6-28)51-17-15-27(16-18-51)26-50-19-21-52(22-20-50)31-10-12-34(46-25-31)38(55)47-35-13-14-36(53)48-39(35)56/h5-12,23,25,27,35,40-41H,13-22,26H2,1-4H3,(H,47,55)(H,49,54)(H,48,53,56). The van der Waals surface area contributed by atoms with Crippen LogP contribution in [0.2, 0.25) is 5.02 Å². The number of aromatic nitrogens is 1. The number of anilines is 2. The van der Waals surface area contributed by atoms with Crippen molar-refractivity contribution < 1.29 is 23.9 Å². The Bertz CT molecular complexity index is 2020. The number of rotatable bonds is 10. The lowest BCUT2D eigenvalue weighted by Gasteiger charge is -2.63. The Kier molecular flexibility index (Phi) is 11.5. The van der Waals surface area contributed by atoms with Crippen LogP contribution in [0.15, 0.2) is 60.8 Å². The van der Waals surface area contributed by atoms with Crippen LogP contribution in [0.25, 0.3) is 0 Å². The molecule has 1 saturated carbocycles. The molecule has 7 rings (SSSR count). The number of piperidine rings is 2. The molecule has 3 N–H and O–H groups in total. The number of carbonyl (C=O) groups is 4. The number of imide groups is 1. The normalized spacial score (nSPS) is 23.5. The summed E-state index contributed by atoms with van der Waals surface area (Å²) in [7, 11) is 0. The van der Waals surface area contributed by atoms with E-state index in [2.05, 4.69) is 81.5 Å². The van der Waals surface area contributed by atoms with Crippen molar-refractivity contribution in [1.82, 2.24) is 25.8 Å². The van der Waals surface area contributed by atoms with Crippen molar-refractivity contribution in [2.45, 2.75) is 71.6 Å². The Morgan fingerprint density at radius 2 is 1.54 bits per heavy atom. The maximum absolute atomic E-state index is 13.5. The summed E-state index contributed by atoms with van der Waals surface area (Å²) in [5, 5.41) is 17.8. The Labute approximate surface area is 339 Å². The first-order chi connectivity index (χ1) is 27.2. The van der Waals surface area contributed by atoms with Gasteiger partial charge < -0.3 is 25.2 Å². The molecule has 1 atom stereocenters. The van der Waals surface area contributed by atoms with Gasteiger partial charge in [0, 0.05) is 86.4 Å². The minimum Gasteiger partial charge on any atom is -0.489 e. The third-order valence-corrected chi connectivity index (χ3v) is 12.6. The Hall–Kier alpha value is -5.19. The maximum atomic E-state index is 13.5. The number of benzene rings is 2. The topological polar surface area (TPSA) is 160 Å². The molecule has 14 heteroatoms. The van der Waals surface area contributed by atoms with Gasteiger partial charge in [-0.15, -0.1) is 0 Å². The summed E-state index contributed by atoms with van der Waals surface area (Å²) >= 11 is 6.25. The molecule has 0 radical (unpaired) electrons. The van der Waals surface area contributed by atoms with Gasteiger partial charge in [0.2, 0.25) is 11.8 Å². The van der Waals surface area contributed by atoms with E-state index >= 15 is 0 Å². The van der Waals surface area contributed by atoms with E-state index < -0.39 is 17.9 Å². The summed E-state index contributed by atoms with van der Waals surface area (Å²) in [4.78, 5) is 61.1. The number of pyridine rings is 1. The molecule has 4 fully saturated rings. The third kappa shape index (κ3) is 8.58. The fourth-order valence-electron chi connectivity index (χ4n) is 9.33. The number of nitriles is 1. The predicted molar refractivity (Wildman–Crippen MR) is 217 cm³/mol. The van der Waals surface area contributed by atoms with Gasteiger partial charge in [-0.1, -0.05) is 39.3 Å². The van der Waals surface area contributed by atoms with E-state index in [1.54, 1.807) is 30.5 Å². The first kappa shape index (κ1) is 40.0. The van der Waals surface area contributed by atoms with Crippen LogP contribution in [0.4, 0.5) is 11.4 Å². The summed E-state index contributed by atoms with van der Waals surface area (Å²) in [6.45, 7) is 15.1. The third-order valence-electron chi connectivity index (χ3n) is 12.3. The van der Waals surface area contributed by atoms with Crippen LogP contribution in [0.5, 0.6) is 5.75 Å². The molecule has 2 aromatic carbocycles. The van der Waals surface area contributed by atoms with Gasteiger partial charge in [0.25, 0.3) is 11.8 Å². The van der Waals surface area contributed by atoms with E-state index in [0.717, 1.165) is 70.0 Å². The number of amides is 4. The average Bonchev–Trinajstić information content (AvgIpc) is 3.20. The van der Waals surface area contributed by atoms with Crippen LogP contribution in [-0.2, 0) is 9.59 Å². The number of piperazine rings is 1. The highest BCUT2D eigenvalue weighted by Gasteiger charge is 2.64. The molecule has 4 aliphatic rings. The Morgan fingerprint density at radius 1 is 0.877 bits per heavy atom. The van der Waals surface area contributed by atoms with Crippen molar-refractivity contribution in [3.63, 3.8) is 0 Å². The zero-order chi connectivity index (χ0) is 40.5. The maximum Gasteiger partial charge on any atom is 0.270 e. The average molecular weight is 795 g/mol. The molecule has 3 aliphatic heterocycles. The van der Waals surface area contributed by atoms with Crippen LogP contribution in [0, 0.1) is 28.1 Å². The second-order valence-corrected chi connectivity index (χ2v) is 17.4. The minimum absolute atomic E-state index is 0.103. The van der Waals surface area contributed by atoms with E-state index in [-0.39, 0.29) is 53.3 Å². The van der Waals surface area contributed by atoms with Crippen LogP contribution in [-0.4, -0.2) is 97.5 Å². The number of hydrogen-bond donors (Lipinski definition) is 3. The number of carbonyl (C=O) groups excluding carboxylic acids is 4. The first-order valence-electron chi connectivity index (χ1n) is 19.8. The molecule has 3 saturated heterocycles. The largest absolute Gasteiger partial charge is 0.489 e. The molecular weight excluding hydrogens is 744 g/mol. The fourth-order valence-corrected chi connectivity index (χ4v) is 9.55. The Balaban J connectivity index is 0.832. The summed E-state index contributed by atoms with van der Waals surface area (Å²) in [6.07, 6.45) is 4.24. The molecule has 57 heavy (non-hydrogen) atoms. The number of nitrogens with zero attached hydrogens (tertiary/aromatic N) is 5. The second kappa shape index (κ2) is 16.3. The van der Waals surface area contributed by atoms with Crippen molar-refractivity contribution in [3.05, 3.63) is 82.6 Å². The van der Waals surface area contributed by atoms with Crippen molar-refractivity contribution in [2.75, 3.05) is 55.6 Å². The highest BCUT2D eigenvalue weighted by atomic mass is 35.5. The zero-order valence-corrected chi connectivity index (χ0v) is 33.8. The van der Waals surface area contributed by atoms with Gasteiger partial charge in [0.15, 0.2) is 0 Å². The second-order valence-electron chi connectivity index (χ2n) is 16.9. The van der Waals surface area contributed by atoms with Crippen LogP contribution in [0.3, 0.4) is 0 Å². The molecule has 0 spiro atoms. The van der Waals surface area contributed by atoms with Gasteiger partial charge in [-0.2, -0.15) is 5.26 Å². The van der Waals surface area contributed by atoms with Gasteiger partial charge in [0.1, 0.15) is 29.7 Å². The van der Waals surface area contributed by atoms with Gasteiger partial charge in [0.05, 0.1) is 22.5 Å². The van der Waals surface area contributed by atoms with Crippen LogP contribution >= 0.6 is 11.6 Å². The van der Waals surface area contributed by atoms with E-state index in [9.17, 15) is 24.4 Å². The molecular formula is C43H51ClN8O5. The highest BCUT2D eigenvalue weighted by molar-refractivity contribution is 6.31. The molecule has 1 aliphatic carbocycles. The monoisotopic (exact) mass is 794 g/mol. The van der Waals surface area contributed by atoms with Gasteiger partial charge in [-0.3, -0.25) is 29.4 Å². The van der Waals surface area contributed by atoms with Crippen molar-refractivity contribution in [2.24, 2.45) is 16.7 Å². The molecule has 3 aromatic rings. The van der Waals surface area contributed by atoms with Gasteiger partial charge in [-0.05, 0) is 73.7 Å². The predicted octanol–water partition coefficient (Wildman–Crippen LogP) is 4.79. The first-order valence-corrected chi connectivity index (χ1v) is 20.2. The lowest BCUT2D eigenvalue weighted by Crippen LogP contribution is -2.74. The number of hydrogen-bond acceptors (Lipinski definition) is 10. The van der Waals surface area contributed by atoms with Crippen LogP contribution in [0.1, 0.15) is 79.8 Å². The van der Waals surface area contributed by atoms with Crippen molar-refractivity contribution in [1.29, 1.82) is 5.26 Å². The van der Waals surface area contributed by atoms with E-state index in [0.29, 0.717) is 27.8 Å². The minimum atomic E-state index is -0.733. The van der Waals surface area contributed by atoms with Crippen molar-refractivity contribution >= 4 is 46.6 Å². The van der Waals surface area contributed by atoms with Crippen molar-refractivity contribution in [3.8, 4) is 11.8 Å². The molecule has 1 unspecified atom stereocenters. The molecule has 4 amide bonds. The summed E-state index contributed by atoms with van der Waals surface area (Å²) in [5.74, 6) is -0.114. The number of ether oxygens (including phenoxy) is 1. The van der Waals surface area contributed by atoms with Crippen LogP contribution < -0.4 is 30.5 Å². The quantitative estimate of drug-likeness (QED) is 0.244. The highest BCUT2D eigenvalue weighted by Crippen LogP contribution is 2.55. The lowest BCUT2D eigenvalue weighted by molar-refractivity contribution is -0.164. The SMILES string of the molecule is CC1(C)C(NC(=O)c2ccc(N3CCC(CN4CCN(c5ccc(C(=O)NC6CCC(=O)NC6=O)nc5)CC4)CC3)cc2)C(C)(C)C1Oc1ccc(C#N)c(Cl)c1. The summed E-state index contributed by atoms with van der Waals surface area (Å²) in [6, 6.07) is 17.8. The zero-order valence-electron chi connectivity index (χ0n) is 33.0. The van der Waals surface area contributed by atoms with Gasteiger partial charge >= 0.3 is 0 Å². The number of halogens is 1. The van der Waals surface area contributed by atoms with E-state index in [4.69, 9.17) is 16.3 Å². The van der Waals surface area contributed by atoms with Gasteiger partial charge in [-0.25, -0.2) is 4.98 Å². The smallest absolute Gasteiger partial charge is 0.270 e. The van der Waals surface area contributed by atoms with E-state index in [1.807, 2.05) is 18.2 Å². The fraction of sp³-hybridized carbons (Fsp3) is 0.488. The Morgan fingerprint density at radius 3 is 2.16 bits per heavy atom. The lowest BCUT2D eigenvalue weighted by atomic mass is 9.49. The van der Waals surface area contributed by atoms with E-state index in [1.165, 1.54) is 0 Å². The molecule has 300 valence electrons. The molecule has 4 heterocycles. The summed E-state index contributed by atoms with van der Waals surface area (Å²) < 4.78 is 6.38. The molecule has 1 aromatic heterocycles. The summed E-state index contributed by atoms with van der Waals surface area (Å²) in [5.41, 5.74) is 2.68. The molecule has 0 bridgehead atoms. The number of nitrogens with one attached hydrogen (secondary N) is 3. The molecule has 13 nitrogen and oxygen atoms in total.